The van der Waals surface area contributed by atoms with Crippen LogP contribution in [-0.2, 0) is 9.53 Å². The maximum atomic E-state index is 13.1. The summed E-state index contributed by atoms with van der Waals surface area (Å²) in [5, 5.41) is 18.6. The van der Waals surface area contributed by atoms with Crippen molar-refractivity contribution in [2.24, 2.45) is 28.6 Å². The highest BCUT2D eigenvalue weighted by Crippen LogP contribution is 2.62. The molecule has 154 valence electrons. The lowest BCUT2D eigenvalue weighted by Crippen LogP contribution is -2.52. The molecule has 4 atom stereocenters. The molecule has 1 fully saturated rings. The number of hydrogen-bond donors (Lipinski definition) is 2. The second-order valence-corrected chi connectivity index (χ2v) is 10.0. The van der Waals surface area contributed by atoms with E-state index in [9.17, 15) is 15.0 Å². The van der Waals surface area contributed by atoms with Crippen LogP contribution in [0.15, 0.2) is 11.1 Å². The SMILES string of the molecule is CC(C)C1CCC2=C(CCC3C(C)(C(=O)OC(CO)CO)CCCC23C)C1. The fourth-order valence-corrected chi connectivity index (χ4v) is 6.41. The van der Waals surface area contributed by atoms with Crippen molar-refractivity contribution < 1.29 is 19.7 Å². The maximum absolute atomic E-state index is 13.1. The molecule has 0 bridgehead atoms. The average Bonchev–Trinajstić information content (AvgIpc) is 2.65. The van der Waals surface area contributed by atoms with Crippen LogP contribution < -0.4 is 0 Å². The molecule has 4 nitrogen and oxygen atoms in total. The van der Waals surface area contributed by atoms with Crippen LogP contribution in [0, 0.1) is 28.6 Å². The fraction of sp³-hybridized carbons (Fsp3) is 0.870. The summed E-state index contributed by atoms with van der Waals surface area (Å²) in [5.74, 6) is 1.61. The van der Waals surface area contributed by atoms with Gasteiger partial charge in [-0.25, -0.2) is 0 Å². The third-order valence-corrected chi connectivity index (χ3v) is 8.15. The molecule has 3 rings (SSSR count). The lowest BCUT2D eigenvalue weighted by atomic mass is 9.48. The molecule has 0 spiro atoms. The molecule has 0 saturated heterocycles. The van der Waals surface area contributed by atoms with Gasteiger partial charge in [0.15, 0.2) is 0 Å². The smallest absolute Gasteiger partial charge is 0.312 e. The van der Waals surface area contributed by atoms with Crippen LogP contribution in [0.4, 0.5) is 0 Å². The minimum Gasteiger partial charge on any atom is -0.457 e. The Kier molecular flexibility index (Phi) is 6.08. The van der Waals surface area contributed by atoms with Gasteiger partial charge in [0.25, 0.3) is 0 Å². The number of allylic oxidation sites excluding steroid dienone is 2. The lowest BCUT2D eigenvalue weighted by molar-refractivity contribution is -0.176. The van der Waals surface area contributed by atoms with Gasteiger partial charge >= 0.3 is 5.97 Å². The van der Waals surface area contributed by atoms with E-state index in [4.69, 9.17) is 4.74 Å². The van der Waals surface area contributed by atoms with Crippen molar-refractivity contribution >= 4 is 5.97 Å². The molecule has 2 N–H and O–H groups in total. The van der Waals surface area contributed by atoms with Crippen LogP contribution in [0.2, 0.25) is 0 Å². The number of rotatable bonds is 5. The van der Waals surface area contributed by atoms with Crippen LogP contribution in [0.25, 0.3) is 0 Å². The van der Waals surface area contributed by atoms with E-state index in [1.54, 1.807) is 11.1 Å². The van der Waals surface area contributed by atoms with Crippen molar-refractivity contribution in [3.05, 3.63) is 11.1 Å². The Bertz CT molecular complexity index is 591. The Balaban J connectivity index is 1.87. The molecule has 4 heteroatoms. The number of esters is 1. The highest BCUT2D eigenvalue weighted by Gasteiger charge is 2.56. The van der Waals surface area contributed by atoms with Gasteiger partial charge in [0.2, 0.25) is 0 Å². The predicted octanol–water partition coefficient (Wildman–Crippen LogP) is 4.24. The van der Waals surface area contributed by atoms with E-state index in [2.05, 4.69) is 27.7 Å². The highest BCUT2D eigenvalue weighted by atomic mass is 16.6. The molecule has 3 aliphatic rings. The molecule has 0 aromatic rings. The third kappa shape index (κ3) is 3.60. The quantitative estimate of drug-likeness (QED) is 0.555. The average molecular weight is 379 g/mol. The number of ether oxygens (including phenoxy) is 1. The number of hydrogen-bond acceptors (Lipinski definition) is 4. The van der Waals surface area contributed by atoms with Gasteiger partial charge in [0.1, 0.15) is 6.10 Å². The van der Waals surface area contributed by atoms with Gasteiger partial charge in [-0.1, -0.05) is 38.3 Å². The topological polar surface area (TPSA) is 66.8 Å². The fourth-order valence-electron chi connectivity index (χ4n) is 6.41. The Labute approximate surface area is 164 Å². The van der Waals surface area contributed by atoms with Crippen molar-refractivity contribution in [2.75, 3.05) is 13.2 Å². The van der Waals surface area contributed by atoms with E-state index >= 15 is 0 Å². The van der Waals surface area contributed by atoms with Gasteiger partial charge in [-0.2, -0.15) is 0 Å². The summed E-state index contributed by atoms with van der Waals surface area (Å²) in [5.41, 5.74) is 2.90. The summed E-state index contributed by atoms with van der Waals surface area (Å²) in [6, 6.07) is 0. The van der Waals surface area contributed by atoms with Crippen molar-refractivity contribution in [2.45, 2.75) is 85.2 Å². The second-order valence-electron chi connectivity index (χ2n) is 10.0. The summed E-state index contributed by atoms with van der Waals surface area (Å²) >= 11 is 0. The van der Waals surface area contributed by atoms with Gasteiger partial charge in [-0.15, -0.1) is 0 Å². The van der Waals surface area contributed by atoms with Gasteiger partial charge in [0.05, 0.1) is 18.6 Å². The zero-order valence-corrected chi connectivity index (χ0v) is 17.6. The summed E-state index contributed by atoms with van der Waals surface area (Å²) in [6.07, 6.45) is 8.10. The van der Waals surface area contributed by atoms with Crippen LogP contribution in [0.3, 0.4) is 0 Å². The van der Waals surface area contributed by atoms with Gasteiger partial charge in [-0.05, 0) is 75.0 Å². The predicted molar refractivity (Wildman–Crippen MR) is 106 cm³/mol. The molecule has 1 saturated carbocycles. The van der Waals surface area contributed by atoms with Gasteiger partial charge in [-0.3, -0.25) is 4.79 Å². The lowest BCUT2D eigenvalue weighted by Gasteiger charge is -2.56. The van der Waals surface area contributed by atoms with Crippen molar-refractivity contribution in [1.29, 1.82) is 0 Å². The van der Waals surface area contributed by atoms with E-state index in [1.807, 2.05) is 0 Å². The summed E-state index contributed by atoms with van der Waals surface area (Å²) in [6.45, 7) is 8.49. The maximum Gasteiger partial charge on any atom is 0.312 e. The molecule has 0 heterocycles. The van der Waals surface area contributed by atoms with Gasteiger partial charge in [0, 0.05) is 0 Å². The van der Waals surface area contributed by atoms with E-state index < -0.39 is 11.5 Å². The Hall–Kier alpha value is -0.870. The Morgan fingerprint density at radius 2 is 1.85 bits per heavy atom. The number of fused-ring (bicyclic) bond motifs is 2. The minimum atomic E-state index is -0.803. The van der Waals surface area contributed by atoms with E-state index in [0.29, 0.717) is 5.92 Å². The molecule has 27 heavy (non-hydrogen) atoms. The first-order chi connectivity index (χ1) is 12.8. The molecular weight excluding hydrogens is 340 g/mol. The molecule has 0 aromatic heterocycles. The number of carbonyl (C=O) groups excluding carboxylic acids is 1. The van der Waals surface area contributed by atoms with Crippen LogP contribution >= 0.6 is 0 Å². The largest absolute Gasteiger partial charge is 0.457 e. The van der Waals surface area contributed by atoms with E-state index in [-0.39, 0.29) is 24.6 Å². The Morgan fingerprint density at radius 3 is 2.48 bits per heavy atom. The second kappa shape index (κ2) is 7.87. The third-order valence-electron chi connectivity index (χ3n) is 8.15. The van der Waals surface area contributed by atoms with Crippen LogP contribution in [-0.4, -0.2) is 35.5 Å². The summed E-state index contributed by atoms with van der Waals surface area (Å²) in [7, 11) is 0. The number of carbonyl (C=O) groups is 1. The summed E-state index contributed by atoms with van der Waals surface area (Å²) in [4.78, 5) is 13.1. The normalized spacial score (nSPS) is 36.6. The first-order valence-corrected chi connectivity index (χ1v) is 10.9. The van der Waals surface area contributed by atoms with Crippen LogP contribution in [0.1, 0.15) is 79.1 Å². The number of aliphatic hydroxyl groups excluding tert-OH is 2. The molecule has 3 aliphatic carbocycles. The first-order valence-electron chi connectivity index (χ1n) is 10.9. The molecule has 0 aromatic carbocycles. The van der Waals surface area contributed by atoms with E-state index in [0.717, 1.165) is 43.9 Å². The molecule has 0 radical (unpaired) electrons. The van der Waals surface area contributed by atoms with Crippen molar-refractivity contribution in [3.8, 4) is 0 Å². The zero-order chi connectivity index (χ0) is 19.8. The van der Waals surface area contributed by atoms with Crippen molar-refractivity contribution in [1.82, 2.24) is 0 Å². The minimum absolute atomic E-state index is 0.0927. The van der Waals surface area contributed by atoms with Crippen LogP contribution in [0.5, 0.6) is 0 Å². The first kappa shape index (κ1) is 20.9. The Morgan fingerprint density at radius 1 is 1.15 bits per heavy atom. The standard InChI is InChI=1S/C23H38O4/c1-15(2)16-6-8-19-17(12-16)7-9-20-22(19,3)10-5-11-23(20,4)21(26)27-18(13-24)14-25/h15-16,18,20,24-25H,5-14H2,1-4H3. The summed E-state index contributed by atoms with van der Waals surface area (Å²) < 4.78 is 5.51. The molecule has 0 aliphatic heterocycles. The molecule has 4 unspecified atom stereocenters. The van der Waals surface area contributed by atoms with Crippen molar-refractivity contribution in [3.63, 3.8) is 0 Å². The number of aliphatic hydroxyl groups is 2. The monoisotopic (exact) mass is 378 g/mol. The highest BCUT2D eigenvalue weighted by molar-refractivity contribution is 5.77. The van der Waals surface area contributed by atoms with Gasteiger partial charge < -0.3 is 14.9 Å². The molecular formula is C23H38O4. The zero-order valence-electron chi connectivity index (χ0n) is 17.6. The van der Waals surface area contributed by atoms with E-state index in [1.165, 1.54) is 19.3 Å². The molecule has 0 amide bonds.